The number of hydrogen-bond donors (Lipinski definition) is 3. The van der Waals surface area contributed by atoms with Crippen molar-refractivity contribution < 1.29 is 21.2 Å². The lowest BCUT2D eigenvalue weighted by atomic mass is 10.3. The minimum absolute atomic E-state index is 0.347. The molecule has 0 unspecified atom stereocenters. The lowest BCUT2D eigenvalue weighted by Gasteiger charge is -2.09. The smallest absolute Gasteiger partial charge is 0.242 e. The zero-order chi connectivity index (χ0) is 15.6. The maximum Gasteiger partial charge on any atom is 0.242 e. The standard InChI is InChI=1S/C9H13ClFN3O4S2/c1-13-19(15,16)3-2-14-20(17,18)9-5-8(12)7(11)4-6(9)10/h4-5,13-14H,2-3,12H2,1H3. The fourth-order valence-corrected chi connectivity index (χ4v) is 3.52. The Bertz CT molecular complexity index is 706. The van der Waals surface area contributed by atoms with Crippen LogP contribution < -0.4 is 15.2 Å². The van der Waals surface area contributed by atoms with Crippen molar-refractivity contribution in [2.45, 2.75) is 4.90 Å². The van der Waals surface area contributed by atoms with Gasteiger partial charge in [-0.1, -0.05) is 11.6 Å². The first-order valence-corrected chi connectivity index (χ1v) is 8.76. The van der Waals surface area contributed by atoms with Crippen molar-refractivity contribution in [3.05, 3.63) is 23.0 Å². The molecular formula is C9H13ClFN3O4S2. The quantitative estimate of drug-likeness (QED) is 0.621. The van der Waals surface area contributed by atoms with Gasteiger partial charge in [0.2, 0.25) is 20.0 Å². The molecule has 0 aliphatic carbocycles. The number of nitrogens with one attached hydrogen (secondary N) is 2. The SMILES string of the molecule is CNS(=O)(=O)CCNS(=O)(=O)c1cc(N)c(F)cc1Cl. The third kappa shape index (κ3) is 4.28. The molecule has 1 aromatic carbocycles. The summed E-state index contributed by atoms with van der Waals surface area (Å²) in [5.74, 6) is -1.29. The number of nitrogens with two attached hydrogens (primary N) is 1. The van der Waals surface area contributed by atoms with Crippen molar-refractivity contribution in [2.24, 2.45) is 0 Å². The molecule has 4 N–H and O–H groups in total. The van der Waals surface area contributed by atoms with E-state index in [0.717, 1.165) is 12.1 Å². The molecule has 0 radical (unpaired) electrons. The molecule has 0 fully saturated rings. The van der Waals surface area contributed by atoms with E-state index in [1.54, 1.807) is 0 Å². The Morgan fingerprint density at radius 3 is 2.45 bits per heavy atom. The van der Waals surface area contributed by atoms with Crippen molar-refractivity contribution in [1.82, 2.24) is 9.44 Å². The van der Waals surface area contributed by atoms with Gasteiger partial charge in [0.15, 0.2) is 0 Å². The number of anilines is 1. The molecule has 0 heterocycles. The van der Waals surface area contributed by atoms with Crippen LogP contribution in [0.25, 0.3) is 0 Å². The van der Waals surface area contributed by atoms with E-state index < -0.39 is 36.5 Å². The van der Waals surface area contributed by atoms with Crippen LogP contribution in [-0.4, -0.2) is 36.2 Å². The lowest BCUT2D eigenvalue weighted by Crippen LogP contribution is -2.33. The number of hydrogen-bond acceptors (Lipinski definition) is 5. The summed E-state index contributed by atoms with van der Waals surface area (Å²) in [6, 6.07) is 1.64. The number of halogens is 2. The maximum absolute atomic E-state index is 13.1. The number of nitrogen functional groups attached to an aromatic ring is 1. The second-order valence-corrected chi connectivity index (χ2v) is 7.91. The summed E-state index contributed by atoms with van der Waals surface area (Å²) in [6.45, 7) is -0.362. The Balaban J connectivity index is 2.93. The summed E-state index contributed by atoms with van der Waals surface area (Å²) in [6.07, 6.45) is 0. The summed E-state index contributed by atoms with van der Waals surface area (Å²) < 4.78 is 63.3. The van der Waals surface area contributed by atoms with Gasteiger partial charge in [0.25, 0.3) is 0 Å². The van der Waals surface area contributed by atoms with Crippen molar-refractivity contribution >= 4 is 37.3 Å². The highest BCUT2D eigenvalue weighted by molar-refractivity contribution is 7.90. The van der Waals surface area contributed by atoms with Gasteiger partial charge in [-0.05, 0) is 19.2 Å². The lowest BCUT2D eigenvalue weighted by molar-refractivity contribution is 0.578. The van der Waals surface area contributed by atoms with Gasteiger partial charge in [-0.3, -0.25) is 0 Å². The molecule has 114 valence electrons. The molecule has 0 saturated heterocycles. The molecule has 0 spiro atoms. The van der Waals surface area contributed by atoms with Crippen LogP contribution in [0.2, 0.25) is 5.02 Å². The molecule has 7 nitrogen and oxygen atoms in total. The van der Waals surface area contributed by atoms with Crippen LogP contribution in [0.3, 0.4) is 0 Å². The normalized spacial score (nSPS) is 12.6. The van der Waals surface area contributed by atoms with Gasteiger partial charge >= 0.3 is 0 Å². The minimum atomic E-state index is -4.08. The summed E-state index contributed by atoms with van der Waals surface area (Å²) in [5, 5.41) is -0.347. The van der Waals surface area contributed by atoms with Gasteiger partial charge in [0, 0.05) is 6.54 Å². The second-order valence-electron chi connectivity index (χ2n) is 3.72. The van der Waals surface area contributed by atoms with E-state index in [1.807, 2.05) is 9.44 Å². The summed E-state index contributed by atoms with van der Waals surface area (Å²) in [4.78, 5) is -0.417. The Labute approximate surface area is 121 Å². The average molecular weight is 346 g/mol. The third-order valence-corrected chi connectivity index (χ3v) is 5.60. The largest absolute Gasteiger partial charge is 0.396 e. The molecular weight excluding hydrogens is 333 g/mol. The predicted molar refractivity (Wildman–Crippen MR) is 73.9 cm³/mol. The average Bonchev–Trinajstić information content (AvgIpc) is 2.33. The highest BCUT2D eigenvalue weighted by Gasteiger charge is 2.20. The van der Waals surface area contributed by atoms with Crippen LogP contribution in [-0.2, 0) is 20.0 Å². The van der Waals surface area contributed by atoms with E-state index in [2.05, 4.69) is 0 Å². The molecule has 0 bridgehead atoms. The zero-order valence-electron chi connectivity index (χ0n) is 10.4. The number of benzene rings is 1. The van der Waals surface area contributed by atoms with E-state index in [-0.39, 0.29) is 17.3 Å². The monoisotopic (exact) mass is 345 g/mol. The van der Waals surface area contributed by atoms with E-state index in [9.17, 15) is 21.2 Å². The molecule has 0 aliphatic heterocycles. The second kappa shape index (κ2) is 6.22. The third-order valence-electron chi connectivity index (χ3n) is 2.31. The van der Waals surface area contributed by atoms with Gasteiger partial charge in [0.1, 0.15) is 10.7 Å². The number of rotatable bonds is 6. The first kappa shape index (κ1) is 17.1. The van der Waals surface area contributed by atoms with Crippen LogP contribution in [0.15, 0.2) is 17.0 Å². The Morgan fingerprint density at radius 1 is 1.30 bits per heavy atom. The summed E-state index contributed by atoms with van der Waals surface area (Å²) >= 11 is 5.64. The molecule has 0 aromatic heterocycles. The van der Waals surface area contributed by atoms with E-state index >= 15 is 0 Å². The summed E-state index contributed by atoms with van der Waals surface area (Å²) in [5.41, 5.74) is 4.90. The topological polar surface area (TPSA) is 118 Å². The molecule has 0 amide bonds. The molecule has 0 aliphatic rings. The maximum atomic E-state index is 13.1. The Hall–Kier alpha value is -0.940. The molecule has 11 heteroatoms. The highest BCUT2D eigenvalue weighted by atomic mass is 35.5. The molecule has 1 rings (SSSR count). The summed E-state index contributed by atoms with van der Waals surface area (Å²) in [7, 11) is -6.42. The molecule has 0 saturated carbocycles. The Morgan fingerprint density at radius 2 is 1.90 bits per heavy atom. The van der Waals surface area contributed by atoms with Crippen molar-refractivity contribution in [2.75, 3.05) is 25.1 Å². The van der Waals surface area contributed by atoms with E-state index in [1.165, 1.54) is 7.05 Å². The highest BCUT2D eigenvalue weighted by Crippen LogP contribution is 2.25. The van der Waals surface area contributed by atoms with Gasteiger partial charge in [-0.25, -0.2) is 30.7 Å². The molecule has 20 heavy (non-hydrogen) atoms. The minimum Gasteiger partial charge on any atom is -0.396 e. The predicted octanol–water partition coefficient (Wildman–Crippen LogP) is -0.111. The molecule has 1 aromatic rings. The van der Waals surface area contributed by atoms with Gasteiger partial charge in [-0.15, -0.1) is 0 Å². The fourth-order valence-electron chi connectivity index (χ4n) is 1.24. The fraction of sp³-hybridized carbons (Fsp3) is 0.333. The van der Waals surface area contributed by atoms with Crippen LogP contribution in [0.4, 0.5) is 10.1 Å². The first-order chi connectivity index (χ1) is 9.09. The van der Waals surface area contributed by atoms with Gasteiger partial charge in [-0.2, -0.15) is 0 Å². The zero-order valence-corrected chi connectivity index (χ0v) is 12.7. The van der Waals surface area contributed by atoms with Crippen molar-refractivity contribution in [1.29, 1.82) is 0 Å². The van der Waals surface area contributed by atoms with Crippen LogP contribution in [0.1, 0.15) is 0 Å². The van der Waals surface area contributed by atoms with Crippen LogP contribution in [0, 0.1) is 5.82 Å². The Kier molecular flexibility index (Phi) is 5.33. The van der Waals surface area contributed by atoms with Crippen LogP contribution in [0.5, 0.6) is 0 Å². The first-order valence-electron chi connectivity index (χ1n) is 5.24. The van der Waals surface area contributed by atoms with Crippen molar-refractivity contribution in [3.8, 4) is 0 Å². The van der Waals surface area contributed by atoms with E-state index in [4.69, 9.17) is 17.3 Å². The van der Waals surface area contributed by atoms with Crippen molar-refractivity contribution in [3.63, 3.8) is 0 Å². The molecule has 0 atom stereocenters. The van der Waals surface area contributed by atoms with Gasteiger partial charge in [0.05, 0.1) is 16.5 Å². The van der Waals surface area contributed by atoms with Crippen LogP contribution >= 0.6 is 11.6 Å². The van der Waals surface area contributed by atoms with E-state index in [0.29, 0.717) is 0 Å². The number of sulfonamides is 2. The van der Waals surface area contributed by atoms with Gasteiger partial charge < -0.3 is 5.73 Å².